The number of aryl methyl sites for hydroxylation is 1. The van der Waals surface area contributed by atoms with E-state index in [1.165, 1.54) is 0 Å². The Morgan fingerprint density at radius 3 is 2.46 bits per heavy atom. The third kappa shape index (κ3) is 4.84. The minimum atomic E-state index is -0.0635. The number of ketones is 1. The summed E-state index contributed by atoms with van der Waals surface area (Å²) in [6.07, 6.45) is 0.403. The highest BCUT2D eigenvalue weighted by molar-refractivity contribution is 6.30. The van der Waals surface area contributed by atoms with Gasteiger partial charge in [0, 0.05) is 49.7 Å². The van der Waals surface area contributed by atoms with Gasteiger partial charge in [0.15, 0.2) is 5.78 Å². The summed E-state index contributed by atoms with van der Waals surface area (Å²) in [5.74, 6) is 0.510. The summed E-state index contributed by atoms with van der Waals surface area (Å²) in [5.41, 5.74) is 2.61. The van der Waals surface area contributed by atoms with Crippen LogP contribution in [0.1, 0.15) is 28.8 Å². The van der Waals surface area contributed by atoms with Gasteiger partial charge in [-0.15, -0.1) is 0 Å². The lowest BCUT2D eigenvalue weighted by Gasteiger charge is -2.36. The van der Waals surface area contributed by atoms with Crippen LogP contribution in [0, 0.1) is 6.92 Å². The van der Waals surface area contributed by atoms with E-state index in [2.05, 4.69) is 4.90 Å². The molecule has 1 amide bonds. The Hall–Kier alpha value is -2.53. The van der Waals surface area contributed by atoms with Crippen molar-refractivity contribution in [2.75, 3.05) is 38.2 Å². The van der Waals surface area contributed by atoms with Gasteiger partial charge in [-0.25, -0.2) is 0 Å². The first-order valence-corrected chi connectivity index (χ1v) is 9.82. The van der Waals surface area contributed by atoms with Crippen LogP contribution < -0.4 is 9.64 Å². The molecule has 148 valence electrons. The Morgan fingerprint density at radius 1 is 1.04 bits per heavy atom. The average Bonchev–Trinajstić information content (AvgIpc) is 2.71. The highest BCUT2D eigenvalue weighted by atomic mass is 35.5. The van der Waals surface area contributed by atoms with Crippen LogP contribution >= 0.6 is 11.6 Å². The molecule has 1 aliphatic heterocycles. The van der Waals surface area contributed by atoms with E-state index in [9.17, 15) is 9.59 Å². The minimum absolute atomic E-state index is 0.0192. The molecule has 0 unspecified atom stereocenters. The van der Waals surface area contributed by atoms with Gasteiger partial charge < -0.3 is 14.5 Å². The van der Waals surface area contributed by atoms with Crippen molar-refractivity contribution in [3.63, 3.8) is 0 Å². The number of hydrogen-bond donors (Lipinski definition) is 0. The second kappa shape index (κ2) is 9.11. The van der Waals surface area contributed by atoms with Crippen molar-refractivity contribution >= 4 is 29.0 Å². The van der Waals surface area contributed by atoms with Crippen LogP contribution in [0.15, 0.2) is 42.5 Å². The molecule has 1 saturated heterocycles. The number of rotatable bonds is 6. The van der Waals surface area contributed by atoms with Crippen LogP contribution in [0.25, 0.3) is 0 Å². The van der Waals surface area contributed by atoms with Gasteiger partial charge in [0.2, 0.25) is 5.91 Å². The molecule has 0 spiro atoms. The van der Waals surface area contributed by atoms with Gasteiger partial charge in [-0.1, -0.05) is 29.3 Å². The summed E-state index contributed by atoms with van der Waals surface area (Å²) < 4.78 is 5.28. The summed E-state index contributed by atoms with van der Waals surface area (Å²) in [7, 11) is 1.55. The lowest BCUT2D eigenvalue weighted by atomic mass is 10.0. The van der Waals surface area contributed by atoms with Gasteiger partial charge in [0.25, 0.3) is 0 Å². The molecule has 1 aliphatic rings. The van der Waals surface area contributed by atoms with E-state index in [0.717, 1.165) is 24.3 Å². The number of anilines is 1. The Balaban J connectivity index is 1.52. The topological polar surface area (TPSA) is 49.9 Å². The molecular weight excluding hydrogens is 376 g/mol. The van der Waals surface area contributed by atoms with Crippen LogP contribution in [0.3, 0.4) is 0 Å². The zero-order chi connectivity index (χ0) is 20.1. The van der Waals surface area contributed by atoms with E-state index in [4.69, 9.17) is 16.3 Å². The number of halogens is 1. The van der Waals surface area contributed by atoms with Crippen molar-refractivity contribution in [2.24, 2.45) is 0 Å². The molecular formula is C22H25ClN2O3. The fourth-order valence-electron chi connectivity index (χ4n) is 3.44. The molecule has 0 atom stereocenters. The van der Waals surface area contributed by atoms with E-state index >= 15 is 0 Å². The van der Waals surface area contributed by atoms with Gasteiger partial charge in [0.1, 0.15) is 5.75 Å². The number of ether oxygens (including phenoxy) is 1. The lowest BCUT2D eigenvalue weighted by molar-refractivity contribution is -0.131. The molecule has 3 rings (SSSR count). The van der Waals surface area contributed by atoms with Gasteiger partial charge in [-0.05, 0) is 37.3 Å². The van der Waals surface area contributed by atoms with Crippen molar-refractivity contribution in [2.45, 2.75) is 19.8 Å². The standard InChI is InChI=1S/C22H25ClN2O3/c1-16-6-8-21(28-2)19(14-16)20(26)7-9-22(27)25-12-10-24(11-13-25)18-5-3-4-17(23)15-18/h3-6,8,14-15H,7,9-13H2,1-2H3. The molecule has 1 heterocycles. The van der Waals surface area contributed by atoms with E-state index in [0.29, 0.717) is 29.4 Å². The zero-order valence-corrected chi connectivity index (χ0v) is 17.0. The van der Waals surface area contributed by atoms with Crippen molar-refractivity contribution < 1.29 is 14.3 Å². The van der Waals surface area contributed by atoms with Gasteiger partial charge >= 0.3 is 0 Å². The predicted molar refractivity (Wildman–Crippen MR) is 112 cm³/mol. The molecule has 2 aromatic carbocycles. The van der Waals surface area contributed by atoms with Crippen LogP contribution in [0.2, 0.25) is 5.02 Å². The maximum Gasteiger partial charge on any atom is 0.223 e. The molecule has 0 N–H and O–H groups in total. The number of amides is 1. The summed E-state index contributed by atoms with van der Waals surface area (Å²) in [4.78, 5) is 29.2. The highest BCUT2D eigenvalue weighted by Crippen LogP contribution is 2.23. The summed E-state index contributed by atoms with van der Waals surface area (Å²) in [6, 6.07) is 13.3. The maximum atomic E-state index is 12.6. The van der Waals surface area contributed by atoms with E-state index in [1.807, 2.05) is 48.2 Å². The number of methoxy groups -OCH3 is 1. The molecule has 5 nitrogen and oxygen atoms in total. The minimum Gasteiger partial charge on any atom is -0.496 e. The predicted octanol–water partition coefficient (Wildman–Crippen LogP) is 3.97. The number of carbonyl (C=O) groups is 2. The van der Waals surface area contributed by atoms with Crippen LogP contribution in [-0.2, 0) is 4.79 Å². The quantitative estimate of drug-likeness (QED) is 0.688. The molecule has 0 saturated carbocycles. The number of piperazine rings is 1. The summed E-state index contributed by atoms with van der Waals surface area (Å²) in [6.45, 7) is 4.73. The molecule has 28 heavy (non-hydrogen) atoms. The molecule has 1 fully saturated rings. The van der Waals surface area contributed by atoms with E-state index in [1.54, 1.807) is 13.2 Å². The highest BCUT2D eigenvalue weighted by Gasteiger charge is 2.22. The fourth-order valence-corrected chi connectivity index (χ4v) is 3.62. The zero-order valence-electron chi connectivity index (χ0n) is 16.3. The summed E-state index contributed by atoms with van der Waals surface area (Å²) in [5, 5.41) is 0.709. The van der Waals surface area contributed by atoms with E-state index < -0.39 is 0 Å². The smallest absolute Gasteiger partial charge is 0.223 e. The molecule has 0 aromatic heterocycles. The average molecular weight is 401 g/mol. The van der Waals surface area contributed by atoms with Crippen LogP contribution in [0.4, 0.5) is 5.69 Å². The summed E-state index contributed by atoms with van der Waals surface area (Å²) >= 11 is 6.06. The van der Waals surface area contributed by atoms with Crippen LogP contribution in [0.5, 0.6) is 5.75 Å². The van der Waals surface area contributed by atoms with Crippen molar-refractivity contribution in [1.29, 1.82) is 0 Å². The first kappa shape index (κ1) is 20.2. The third-order valence-electron chi connectivity index (χ3n) is 5.03. The van der Waals surface area contributed by atoms with Crippen molar-refractivity contribution in [3.8, 4) is 5.75 Å². The van der Waals surface area contributed by atoms with Crippen molar-refractivity contribution in [3.05, 3.63) is 58.6 Å². The number of nitrogens with zero attached hydrogens (tertiary/aromatic N) is 2. The number of Topliss-reactive ketones (excluding diaryl/α,β-unsaturated/α-hetero) is 1. The number of benzene rings is 2. The maximum absolute atomic E-state index is 12.6. The molecule has 0 radical (unpaired) electrons. The second-order valence-electron chi connectivity index (χ2n) is 6.97. The first-order chi connectivity index (χ1) is 13.5. The SMILES string of the molecule is COc1ccc(C)cc1C(=O)CCC(=O)N1CCN(c2cccc(Cl)c2)CC1. The first-order valence-electron chi connectivity index (χ1n) is 9.44. The lowest BCUT2D eigenvalue weighted by Crippen LogP contribution is -2.48. The van der Waals surface area contributed by atoms with Gasteiger partial charge in [-0.2, -0.15) is 0 Å². The Labute approximate surface area is 170 Å². The monoisotopic (exact) mass is 400 g/mol. The normalized spacial score (nSPS) is 14.1. The molecule has 0 aliphatic carbocycles. The Kier molecular flexibility index (Phi) is 6.57. The fraction of sp³-hybridized carbons (Fsp3) is 0.364. The van der Waals surface area contributed by atoms with E-state index in [-0.39, 0.29) is 24.5 Å². The van der Waals surface area contributed by atoms with Crippen molar-refractivity contribution in [1.82, 2.24) is 4.90 Å². The number of hydrogen-bond acceptors (Lipinski definition) is 4. The second-order valence-corrected chi connectivity index (χ2v) is 7.41. The molecule has 6 heteroatoms. The molecule has 0 bridgehead atoms. The number of carbonyl (C=O) groups excluding carboxylic acids is 2. The van der Waals surface area contributed by atoms with Crippen LogP contribution in [-0.4, -0.2) is 49.9 Å². The third-order valence-corrected chi connectivity index (χ3v) is 5.26. The van der Waals surface area contributed by atoms with Gasteiger partial charge in [-0.3, -0.25) is 9.59 Å². The van der Waals surface area contributed by atoms with Gasteiger partial charge in [0.05, 0.1) is 12.7 Å². The largest absolute Gasteiger partial charge is 0.496 e. The Bertz CT molecular complexity index is 861. The molecule has 2 aromatic rings. The Morgan fingerprint density at radius 2 is 1.79 bits per heavy atom.